The number of hydrogen-bond donors (Lipinski definition) is 1. The molecule has 0 saturated carbocycles. The number of carbonyl (C=O) groups excluding carboxylic acids is 1. The van der Waals surface area contributed by atoms with Gasteiger partial charge in [0, 0.05) is 30.6 Å². The summed E-state index contributed by atoms with van der Waals surface area (Å²) in [4.78, 5) is 29.4. The summed E-state index contributed by atoms with van der Waals surface area (Å²) in [5, 5.41) is 9.92. The molecule has 1 fully saturated rings. The van der Waals surface area contributed by atoms with Crippen molar-refractivity contribution in [2.75, 3.05) is 13.1 Å². The number of likely N-dealkylation sites (tertiary alicyclic amines) is 1. The van der Waals surface area contributed by atoms with Gasteiger partial charge in [0.2, 0.25) is 0 Å². The van der Waals surface area contributed by atoms with Crippen molar-refractivity contribution in [3.63, 3.8) is 0 Å². The quantitative estimate of drug-likeness (QED) is 0.936. The number of nitrogens with zero attached hydrogens (tertiary/aromatic N) is 2. The van der Waals surface area contributed by atoms with Crippen LogP contribution in [0.4, 0.5) is 0 Å². The first kappa shape index (κ1) is 13.5. The summed E-state index contributed by atoms with van der Waals surface area (Å²) in [6.45, 7) is 2.68. The zero-order valence-electron chi connectivity index (χ0n) is 11.7. The van der Waals surface area contributed by atoms with Crippen molar-refractivity contribution in [3.05, 3.63) is 42.1 Å². The van der Waals surface area contributed by atoms with E-state index in [1.165, 1.54) is 0 Å². The second kappa shape index (κ2) is 5.16. The van der Waals surface area contributed by atoms with Crippen molar-refractivity contribution >= 4 is 22.8 Å². The van der Waals surface area contributed by atoms with Crippen LogP contribution >= 0.6 is 0 Å². The molecule has 21 heavy (non-hydrogen) atoms. The highest BCUT2D eigenvalue weighted by Gasteiger charge is 2.37. The lowest BCUT2D eigenvalue weighted by atomic mass is 9.86. The predicted octanol–water partition coefficient (Wildman–Crippen LogP) is 2.03. The molecule has 1 aromatic carbocycles. The molecule has 3 rings (SSSR count). The molecule has 5 heteroatoms. The second-order valence-corrected chi connectivity index (χ2v) is 5.48. The van der Waals surface area contributed by atoms with Crippen LogP contribution in [0.15, 0.2) is 36.5 Å². The van der Waals surface area contributed by atoms with Crippen molar-refractivity contribution in [1.29, 1.82) is 0 Å². The lowest BCUT2D eigenvalue weighted by Crippen LogP contribution is -2.53. The highest BCUT2D eigenvalue weighted by atomic mass is 16.4. The van der Waals surface area contributed by atoms with Crippen LogP contribution in [-0.2, 0) is 4.79 Å². The van der Waals surface area contributed by atoms with Gasteiger partial charge in [-0.25, -0.2) is 0 Å². The maximum absolute atomic E-state index is 12.5. The van der Waals surface area contributed by atoms with Crippen LogP contribution in [0.25, 0.3) is 10.9 Å². The minimum Gasteiger partial charge on any atom is -0.481 e. The molecule has 0 aliphatic carbocycles. The molecule has 1 aliphatic rings. The van der Waals surface area contributed by atoms with E-state index >= 15 is 0 Å². The van der Waals surface area contributed by atoms with E-state index in [9.17, 15) is 9.59 Å². The normalized spacial score (nSPS) is 16.5. The van der Waals surface area contributed by atoms with E-state index in [1.54, 1.807) is 24.1 Å². The van der Waals surface area contributed by atoms with E-state index in [2.05, 4.69) is 4.98 Å². The van der Waals surface area contributed by atoms with Crippen molar-refractivity contribution in [2.24, 2.45) is 11.8 Å². The van der Waals surface area contributed by atoms with Gasteiger partial charge in [-0.2, -0.15) is 0 Å². The molecular formula is C16H16N2O3. The zero-order chi connectivity index (χ0) is 15.0. The van der Waals surface area contributed by atoms with Gasteiger partial charge in [-0.05, 0) is 12.1 Å². The second-order valence-electron chi connectivity index (χ2n) is 5.48. The van der Waals surface area contributed by atoms with Crippen molar-refractivity contribution in [2.45, 2.75) is 6.92 Å². The molecule has 0 bridgehead atoms. The number of para-hydroxylation sites is 1. The third kappa shape index (κ3) is 2.35. The number of fused-ring (bicyclic) bond motifs is 1. The van der Waals surface area contributed by atoms with Crippen LogP contribution in [-0.4, -0.2) is 40.0 Å². The maximum Gasteiger partial charge on any atom is 0.306 e. The van der Waals surface area contributed by atoms with E-state index in [0.717, 1.165) is 5.39 Å². The number of benzene rings is 1. The maximum atomic E-state index is 12.5. The summed E-state index contributed by atoms with van der Waals surface area (Å²) in [7, 11) is 0. The Bertz CT molecular complexity index is 702. The first-order valence-electron chi connectivity index (χ1n) is 6.93. The molecule has 0 spiro atoms. The molecule has 2 aromatic rings. The van der Waals surface area contributed by atoms with Crippen molar-refractivity contribution in [3.8, 4) is 0 Å². The number of carboxylic acids is 1. The van der Waals surface area contributed by atoms with Gasteiger partial charge >= 0.3 is 5.97 Å². The molecule has 1 unspecified atom stereocenters. The fourth-order valence-electron chi connectivity index (χ4n) is 2.64. The van der Waals surface area contributed by atoms with E-state index in [1.807, 2.05) is 24.3 Å². The van der Waals surface area contributed by atoms with Gasteiger partial charge in [0.1, 0.15) is 0 Å². The molecule has 5 nitrogen and oxygen atoms in total. The van der Waals surface area contributed by atoms with Crippen molar-refractivity contribution in [1.82, 2.24) is 9.88 Å². The first-order valence-corrected chi connectivity index (χ1v) is 6.93. The van der Waals surface area contributed by atoms with Crippen LogP contribution in [0.5, 0.6) is 0 Å². The van der Waals surface area contributed by atoms with E-state index in [0.29, 0.717) is 24.2 Å². The minimum absolute atomic E-state index is 0.0365. The highest BCUT2D eigenvalue weighted by molar-refractivity contribution is 6.05. The molecule has 1 aliphatic heterocycles. The average molecular weight is 284 g/mol. The molecular weight excluding hydrogens is 268 g/mol. The van der Waals surface area contributed by atoms with Crippen LogP contribution in [0.2, 0.25) is 0 Å². The molecule has 1 aromatic heterocycles. The van der Waals surface area contributed by atoms with Gasteiger partial charge in [-0.15, -0.1) is 0 Å². The number of carbonyl (C=O) groups is 2. The van der Waals surface area contributed by atoms with Gasteiger partial charge in [-0.3, -0.25) is 14.6 Å². The van der Waals surface area contributed by atoms with Gasteiger partial charge in [-0.1, -0.05) is 25.1 Å². The molecule has 1 amide bonds. The molecule has 1 N–H and O–H groups in total. The third-order valence-electron chi connectivity index (χ3n) is 4.16. The fraction of sp³-hybridized carbons (Fsp3) is 0.312. The number of rotatable bonds is 3. The lowest BCUT2D eigenvalue weighted by Gasteiger charge is -2.41. The summed E-state index contributed by atoms with van der Waals surface area (Å²) in [6.07, 6.45) is 1.67. The number of aromatic nitrogens is 1. The first-order chi connectivity index (χ1) is 10.1. The Morgan fingerprint density at radius 1 is 1.29 bits per heavy atom. The summed E-state index contributed by atoms with van der Waals surface area (Å²) in [5.41, 5.74) is 1.27. The molecule has 2 heterocycles. The van der Waals surface area contributed by atoms with E-state index in [4.69, 9.17) is 5.11 Å². The summed E-state index contributed by atoms with van der Waals surface area (Å²) in [6, 6.07) is 9.29. The predicted molar refractivity (Wildman–Crippen MR) is 77.9 cm³/mol. The molecule has 108 valence electrons. The Morgan fingerprint density at radius 3 is 2.71 bits per heavy atom. The Labute approximate surface area is 122 Å². The van der Waals surface area contributed by atoms with Crippen LogP contribution in [0, 0.1) is 11.8 Å². The molecule has 0 radical (unpaired) electrons. The summed E-state index contributed by atoms with van der Waals surface area (Å²) >= 11 is 0. The van der Waals surface area contributed by atoms with Crippen molar-refractivity contribution < 1.29 is 14.7 Å². The van der Waals surface area contributed by atoms with E-state index in [-0.39, 0.29) is 11.8 Å². The Morgan fingerprint density at radius 2 is 2.00 bits per heavy atom. The number of amides is 1. The number of hydrogen-bond acceptors (Lipinski definition) is 3. The standard InChI is InChI=1S/C16H16N2O3/c1-10(16(20)21)12-8-18(9-12)15(19)13-6-2-4-11-5-3-7-17-14(11)13/h2-7,10,12H,8-9H2,1H3,(H,20,21). The summed E-state index contributed by atoms with van der Waals surface area (Å²) in [5.74, 6) is -1.26. The summed E-state index contributed by atoms with van der Waals surface area (Å²) < 4.78 is 0. The molecule has 1 saturated heterocycles. The number of aliphatic carboxylic acids is 1. The third-order valence-corrected chi connectivity index (χ3v) is 4.16. The van der Waals surface area contributed by atoms with Crippen LogP contribution in [0.3, 0.4) is 0 Å². The SMILES string of the molecule is CC(C(=O)O)C1CN(C(=O)c2cccc3cccnc23)C1. The minimum atomic E-state index is -0.807. The Balaban J connectivity index is 1.79. The van der Waals surface area contributed by atoms with Gasteiger partial charge < -0.3 is 10.0 Å². The van der Waals surface area contributed by atoms with E-state index < -0.39 is 11.9 Å². The van der Waals surface area contributed by atoms with Crippen LogP contribution < -0.4 is 0 Å². The largest absolute Gasteiger partial charge is 0.481 e. The smallest absolute Gasteiger partial charge is 0.306 e. The monoisotopic (exact) mass is 284 g/mol. The topological polar surface area (TPSA) is 70.5 Å². The zero-order valence-corrected chi connectivity index (χ0v) is 11.7. The molecule has 1 atom stereocenters. The van der Waals surface area contributed by atoms with Crippen LogP contribution in [0.1, 0.15) is 17.3 Å². The highest BCUT2D eigenvalue weighted by Crippen LogP contribution is 2.27. The number of pyridine rings is 1. The van der Waals surface area contributed by atoms with Gasteiger partial charge in [0.25, 0.3) is 5.91 Å². The van der Waals surface area contributed by atoms with Gasteiger partial charge in [0.15, 0.2) is 0 Å². The van der Waals surface area contributed by atoms with Gasteiger partial charge in [0.05, 0.1) is 17.0 Å². The Kier molecular flexibility index (Phi) is 3.33. The lowest BCUT2D eigenvalue weighted by molar-refractivity contribution is -0.144. The Hall–Kier alpha value is -2.43. The number of carboxylic acid groups (broad SMARTS) is 1. The fourth-order valence-corrected chi connectivity index (χ4v) is 2.64. The average Bonchev–Trinajstić information content (AvgIpc) is 2.44.